The first-order valence-electron chi connectivity index (χ1n) is 7.08. The topological polar surface area (TPSA) is 12.0 Å². The fraction of sp³-hybridized carbons (Fsp3) is 0.500. The van der Waals surface area contributed by atoms with E-state index in [0.29, 0.717) is 5.54 Å². The number of hydrogen-bond acceptors (Lipinski definition) is 1. The normalized spacial score (nSPS) is 18.7. The van der Waals surface area contributed by atoms with Gasteiger partial charge >= 0.3 is 0 Å². The molecule has 0 radical (unpaired) electrons. The molecule has 2 rings (SSSR count). The molecule has 1 aliphatic carbocycles. The lowest BCUT2D eigenvalue weighted by Gasteiger charge is -2.32. The molecule has 1 aromatic rings. The number of fused-ring (bicyclic) bond motifs is 1. The van der Waals surface area contributed by atoms with E-state index in [0.717, 1.165) is 0 Å². The van der Waals surface area contributed by atoms with Gasteiger partial charge in [-0.15, -0.1) is 0 Å². The molecule has 18 heavy (non-hydrogen) atoms. The summed E-state index contributed by atoms with van der Waals surface area (Å²) in [7, 11) is -1.44. The van der Waals surface area contributed by atoms with Crippen LogP contribution in [0, 0.1) is 0 Å². The van der Waals surface area contributed by atoms with E-state index in [4.69, 9.17) is 0 Å². The minimum Gasteiger partial charge on any atom is -0.337 e. The van der Waals surface area contributed by atoms with Gasteiger partial charge in [-0.1, -0.05) is 62.4 Å². The van der Waals surface area contributed by atoms with Gasteiger partial charge in [0.25, 0.3) is 0 Å². The lowest BCUT2D eigenvalue weighted by molar-refractivity contribution is 0.745. The van der Waals surface area contributed by atoms with Crippen molar-refractivity contribution in [3.05, 3.63) is 41.0 Å². The number of benzene rings is 1. The third-order valence-electron chi connectivity index (χ3n) is 3.98. The molecule has 1 aliphatic rings. The molecule has 1 aromatic carbocycles. The van der Waals surface area contributed by atoms with Gasteiger partial charge in [0, 0.05) is 5.54 Å². The summed E-state index contributed by atoms with van der Waals surface area (Å²) in [4.78, 5) is 3.87. The largest absolute Gasteiger partial charge is 0.337 e. The molecule has 0 fully saturated rings. The Bertz CT molecular complexity index is 448. The highest BCUT2D eigenvalue weighted by molar-refractivity contribution is 6.77. The number of hydrogen-bond donors (Lipinski definition) is 1. The predicted octanol–water partition coefficient (Wildman–Crippen LogP) is 4.32. The minimum absolute atomic E-state index is 0.644. The zero-order valence-electron chi connectivity index (χ0n) is 12.1. The smallest absolute Gasteiger partial charge is 0.131 e. The van der Waals surface area contributed by atoms with E-state index in [2.05, 4.69) is 62.3 Å². The number of nitrogens with one attached hydrogen (secondary N) is 1. The molecular weight excluding hydrogens is 234 g/mol. The molecule has 0 bridgehead atoms. The lowest BCUT2D eigenvalue weighted by Crippen LogP contribution is -2.50. The average Bonchev–Trinajstić information content (AvgIpc) is 2.65. The molecule has 1 N–H and O–H groups in total. The second-order valence-corrected chi connectivity index (χ2v) is 10.3. The van der Waals surface area contributed by atoms with Crippen LogP contribution in [-0.2, 0) is 0 Å². The number of rotatable bonds is 5. The summed E-state index contributed by atoms with van der Waals surface area (Å²) in [5.41, 5.74) is 5.15. The standard InChI is InChI=1S/C16H25NSi/c1-5-6-11-17-18(3,4)16-13(2)12-14-9-7-8-10-15(14)16/h7-10,12,16-17H,5-6,11H2,1-4H3/t16-/m1/s1. The van der Waals surface area contributed by atoms with Crippen LogP contribution in [0.3, 0.4) is 0 Å². The summed E-state index contributed by atoms with van der Waals surface area (Å²) >= 11 is 0. The van der Waals surface area contributed by atoms with Crippen LogP contribution in [0.5, 0.6) is 0 Å². The second-order valence-electron chi connectivity index (χ2n) is 5.95. The Kier molecular flexibility index (Phi) is 4.08. The van der Waals surface area contributed by atoms with Crippen molar-refractivity contribution in [2.75, 3.05) is 6.54 Å². The van der Waals surface area contributed by atoms with E-state index < -0.39 is 8.24 Å². The quantitative estimate of drug-likeness (QED) is 0.613. The van der Waals surface area contributed by atoms with Gasteiger partial charge in [-0.05, 0) is 31.0 Å². The molecular formula is C16H25NSi. The van der Waals surface area contributed by atoms with E-state index in [1.807, 2.05) is 0 Å². The zero-order valence-corrected chi connectivity index (χ0v) is 13.1. The van der Waals surface area contributed by atoms with Gasteiger partial charge < -0.3 is 4.98 Å². The summed E-state index contributed by atoms with van der Waals surface area (Å²) < 4.78 is 0. The molecule has 0 aliphatic heterocycles. The Morgan fingerprint density at radius 3 is 2.67 bits per heavy atom. The predicted molar refractivity (Wildman–Crippen MR) is 83.2 cm³/mol. The van der Waals surface area contributed by atoms with Gasteiger partial charge in [0.15, 0.2) is 0 Å². The van der Waals surface area contributed by atoms with Crippen molar-refractivity contribution in [3.8, 4) is 0 Å². The Morgan fingerprint density at radius 2 is 1.94 bits per heavy atom. The first-order valence-corrected chi connectivity index (χ1v) is 10.2. The third kappa shape index (κ3) is 2.60. The molecule has 98 valence electrons. The van der Waals surface area contributed by atoms with Crippen LogP contribution < -0.4 is 4.98 Å². The molecule has 0 saturated heterocycles. The Hall–Kier alpha value is -0.863. The minimum atomic E-state index is -1.44. The van der Waals surface area contributed by atoms with Crippen LogP contribution in [0.25, 0.3) is 6.08 Å². The maximum absolute atomic E-state index is 3.87. The number of allylic oxidation sites excluding steroid dienone is 1. The van der Waals surface area contributed by atoms with Crippen molar-refractivity contribution >= 4 is 14.3 Å². The van der Waals surface area contributed by atoms with Crippen molar-refractivity contribution in [2.24, 2.45) is 0 Å². The van der Waals surface area contributed by atoms with Gasteiger partial charge in [-0.2, -0.15) is 0 Å². The van der Waals surface area contributed by atoms with Crippen molar-refractivity contribution in [1.29, 1.82) is 0 Å². The van der Waals surface area contributed by atoms with Crippen LogP contribution in [-0.4, -0.2) is 14.8 Å². The van der Waals surface area contributed by atoms with Gasteiger partial charge in [0.2, 0.25) is 0 Å². The van der Waals surface area contributed by atoms with E-state index in [9.17, 15) is 0 Å². The summed E-state index contributed by atoms with van der Waals surface area (Å²) in [5.74, 6) is 0. The van der Waals surface area contributed by atoms with Crippen molar-refractivity contribution in [3.63, 3.8) is 0 Å². The molecule has 0 unspecified atom stereocenters. The Labute approximate surface area is 112 Å². The first-order chi connectivity index (χ1) is 8.56. The van der Waals surface area contributed by atoms with Gasteiger partial charge in [0.1, 0.15) is 8.24 Å². The van der Waals surface area contributed by atoms with Crippen LogP contribution in [0.15, 0.2) is 29.8 Å². The van der Waals surface area contributed by atoms with E-state index in [-0.39, 0.29) is 0 Å². The molecule has 2 heteroatoms. The van der Waals surface area contributed by atoms with Crippen molar-refractivity contribution in [2.45, 2.75) is 45.3 Å². The highest BCUT2D eigenvalue weighted by Crippen LogP contribution is 2.40. The van der Waals surface area contributed by atoms with Crippen LogP contribution >= 0.6 is 0 Å². The van der Waals surface area contributed by atoms with Gasteiger partial charge in [-0.25, -0.2) is 0 Å². The highest BCUT2D eigenvalue weighted by Gasteiger charge is 2.37. The molecule has 0 spiro atoms. The SMILES string of the molecule is CCCCN[Si](C)(C)[C@@H]1C(C)=Cc2ccccc21. The molecule has 1 nitrogen and oxygen atoms in total. The van der Waals surface area contributed by atoms with E-state index in [1.54, 1.807) is 0 Å². The summed E-state index contributed by atoms with van der Waals surface area (Å²) in [6.45, 7) is 10.6. The van der Waals surface area contributed by atoms with Crippen LogP contribution in [0.2, 0.25) is 13.1 Å². The fourth-order valence-corrected chi connectivity index (χ4v) is 6.41. The third-order valence-corrected chi connectivity index (χ3v) is 7.35. The van der Waals surface area contributed by atoms with Crippen LogP contribution in [0.1, 0.15) is 43.4 Å². The lowest BCUT2D eigenvalue weighted by atomic mass is 10.1. The first kappa shape index (κ1) is 13.6. The van der Waals surface area contributed by atoms with Crippen LogP contribution in [0.4, 0.5) is 0 Å². The van der Waals surface area contributed by atoms with Gasteiger partial charge in [0.05, 0.1) is 0 Å². The molecule has 0 saturated carbocycles. The summed E-state index contributed by atoms with van der Waals surface area (Å²) in [5, 5.41) is 0. The Balaban J connectivity index is 2.20. The number of unbranched alkanes of at least 4 members (excludes halogenated alkanes) is 1. The van der Waals surface area contributed by atoms with E-state index in [1.165, 1.54) is 36.1 Å². The van der Waals surface area contributed by atoms with Crippen molar-refractivity contribution < 1.29 is 0 Å². The molecule has 0 heterocycles. The van der Waals surface area contributed by atoms with Gasteiger partial charge in [-0.3, -0.25) is 0 Å². The summed E-state index contributed by atoms with van der Waals surface area (Å²) in [6.07, 6.45) is 4.93. The zero-order chi connectivity index (χ0) is 13.2. The molecule has 0 aromatic heterocycles. The Morgan fingerprint density at radius 1 is 1.22 bits per heavy atom. The average molecular weight is 259 g/mol. The highest BCUT2D eigenvalue weighted by atomic mass is 28.3. The monoisotopic (exact) mass is 259 g/mol. The summed E-state index contributed by atoms with van der Waals surface area (Å²) in [6, 6.07) is 8.87. The van der Waals surface area contributed by atoms with Crippen molar-refractivity contribution in [1.82, 2.24) is 4.98 Å². The maximum Gasteiger partial charge on any atom is 0.131 e. The second kappa shape index (κ2) is 5.41. The molecule has 0 amide bonds. The van der Waals surface area contributed by atoms with E-state index >= 15 is 0 Å². The molecule has 1 atom stereocenters. The fourth-order valence-electron chi connectivity index (χ4n) is 3.13. The maximum atomic E-state index is 3.87.